The van der Waals surface area contributed by atoms with Crippen LogP contribution in [0.3, 0.4) is 0 Å². The predicted molar refractivity (Wildman–Crippen MR) is 121 cm³/mol. The first-order valence-corrected chi connectivity index (χ1v) is 11.5. The zero-order valence-electron chi connectivity index (χ0n) is 18.4. The molecule has 4 aliphatic rings. The van der Waals surface area contributed by atoms with Crippen LogP contribution in [0, 0.1) is 29.6 Å². The van der Waals surface area contributed by atoms with Crippen LogP contribution in [0.25, 0.3) is 0 Å². The standard InChI is InChI=1S/C28H30O3/c1-4-28(31-3)14-13-25-23-11-9-20-15-21(30)10-12-22(20)26(23)24(16-27(25,28)2)19-7-5-18(17-29)6-8-19/h1,5-8,15,17,23-25H,9-14,16H2,2-3H3/t23-,24+,25-,27-,28-/m0/s1. The van der Waals surface area contributed by atoms with Crippen molar-refractivity contribution in [3.8, 4) is 12.3 Å². The summed E-state index contributed by atoms with van der Waals surface area (Å²) in [6.07, 6.45) is 15.4. The minimum atomic E-state index is -0.534. The first-order valence-electron chi connectivity index (χ1n) is 11.5. The van der Waals surface area contributed by atoms with Crippen LogP contribution in [0.15, 0.2) is 47.1 Å². The van der Waals surface area contributed by atoms with Gasteiger partial charge in [-0.1, -0.05) is 42.7 Å². The Hall–Kier alpha value is -2.44. The fraction of sp³-hybridized carbons (Fsp3) is 0.500. The summed E-state index contributed by atoms with van der Waals surface area (Å²) in [6, 6.07) is 8.04. The molecule has 0 aliphatic heterocycles. The first kappa shape index (κ1) is 20.5. The van der Waals surface area contributed by atoms with Crippen molar-refractivity contribution >= 4 is 12.1 Å². The Morgan fingerprint density at radius 3 is 2.61 bits per heavy atom. The molecule has 0 bridgehead atoms. The highest BCUT2D eigenvalue weighted by molar-refractivity contribution is 5.93. The summed E-state index contributed by atoms with van der Waals surface area (Å²) >= 11 is 0. The van der Waals surface area contributed by atoms with Gasteiger partial charge in [0.25, 0.3) is 0 Å². The third-order valence-corrected chi connectivity index (χ3v) is 8.91. The summed E-state index contributed by atoms with van der Waals surface area (Å²) < 4.78 is 6.09. The Labute approximate surface area is 184 Å². The largest absolute Gasteiger partial charge is 0.365 e. The van der Waals surface area contributed by atoms with E-state index in [2.05, 4.69) is 25.0 Å². The number of terminal acetylenes is 1. The lowest BCUT2D eigenvalue weighted by Crippen LogP contribution is -2.51. The van der Waals surface area contributed by atoms with Crippen molar-refractivity contribution in [3.63, 3.8) is 0 Å². The summed E-state index contributed by atoms with van der Waals surface area (Å²) in [6.45, 7) is 2.35. The quantitative estimate of drug-likeness (QED) is 0.490. The van der Waals surface area contributed by atoms with Gasteiger partial charge in [0.2, 0.25) is 0 Å². The molecular weight excluding hydrogens is 384 g/mol. The van der Waals surface area contributed by atoms with Gasteiger partial charge < -0.3 is 4.74 Å². The Bertz CT molecular complexity index is 1040. The Kier molecular flexibility index (Phi) is 4.83. The molecule has 160 valence electrons. The average molecular weight is 415 g/mol. The van der Waals surface area contributed by atoms with Crippen molar-refractivity contribution in [2.24, 2.45) is 17.3 Å². The lowest BCUT2D eigenvalue weighted by molar-refractivity contribution is -0.114. The van der Waals surface area contributed by atoms with E-state index in [4.69, 9.17) is 11.2 Å². The van der Waals surface area contributed by atoms with Gasteiger partial charge in [-0.05, 0) is 73.1 Å². The minimum absolute atomic E-state index is 0.106. The normalized spacial score (nSPS) is 36.7. The molecule has 0 amide bonds. The Balaban J connectivity index is 1.69. The van der Waals surface area contributed by atoms with Crippen molar-refractivity contribution in [1.29, 1.82) is 0 Å². The van der Waals surface area contributed by atoms with Crippen LogP contribution < -0.4 is 0 Å². The van der Waals surface area contributed by atoms with E-state index in [0.29, 0.717) is 23.8 Å². The molecule has 3 nitrogen and oxygen atoms in total. The number of carbonyl (C=O) groups excluding carboxylic acids is 2. The SMILES string of the molecule is C#C[C@]1(OC)CC[C@H]2[C@@H]3CCC4=CC(=O)CCC4=C3[C@@H](c3ccc(C=O)cc3)C[C@@]21C. The molecular formula is C28H30O3. The van der Waals surface area contributed by atoms with Crippen molar-refractivity contribution in [3.05, 3.63) is 58.2 Å². The van der Waals surface area contributed by atoms with E-state index in [1.807, 2.05) is 18.2 Å². The maximum absolute atomic E-state index is 12.1. The zero-order chi connectivity index (χ0) is 21.8. The molecule has 3 heteroatoms. The minimum Gasteiger partial charge on any atom is -0.365 e. The highest BCUT2D eigenvalue weighted by Crippen LogP contribution is 2.67. The molecule has 0 saturated heterocycles. The van der Waals surface area contributed by atoms with Crippen molar-refractivity contribution < 1.29 is 14.3 Å². The molecule has 2 saturated carbocycles. The second kappa shape index (κ2) is 7.31. The second-order valence-corrected chi connectivity index (χ2v) is 9.99. The number of methoxy groups -OCH3 is 1. The van der Waals surface area contributed by atoms with Crippen molar-refractivity contribution in [1.82, 2.24) is 0 Å². The molecule has 0 N–H and O–H groups in total. The van der Waals surface area contributed by atoms with Crippen LogP contribution in [0.5, 0.6) is 0 Å². The van der Waals surface area contributed by atoms with Gasteiger partial charge in [-0.3, -0.25) is 9.59 Å². The summed E-state index contributed by atoms with van der Waals surface area (Å²) in [7, 11) is 1.77. The molecule has 2 fully saturated rings. The molecule has 0 spiro atoms. The Morgan fingerprint density at radius 1 is 1.16 bits per heavy atom. The third-order valence-electron chi connectivity index (χ3n) is 8.91. The van der Waals surface area contributed by atoms with Crippen molar-refractivity contribution in [2.45, 2.75) is 63.4 Å². The summed E-state index contributed by atoms with van der Waals surface area (Å²) in [5.74, 6) is 4.54. The van der Waals surface area contributed by atoms with E-state index in [1.165, 1.54) is 22.3 Å². The fourth-order valence-corrected chi connectivity index (χ4v) is 7.39. The number of hydrogen-bond donors (Lipinski definition) is 0. The average Bonchev–Trinajstić information content (AvgIpc) is 3.10. The van der Waals surface area contributed by atoms with Crippen LogP contribution in [0.2, 0.25) is 0 Å². The number of benzene rings is 1. The zero-order valence-corrected chi connectivity index (χ0v) is 18.4. The highest BCUT2D eigenvalue weighted by Gasteiger charge is 2.63. The molecule has 31 heavy (non-hydrogen) atoms. The van der Waals surface area contributed by atoms with Crippen LogP contribution >= 0.6 is 0 Å². The van der Waals surface area contributed by atoms with Crippen LogP contribution in [0.4, 0.5) is 0 Å². The number of allylic oxidation sites excluding steroid dienone is 4. The van der Waals surface area contributed by atoms with E-state index in [9.17, 15) is 9.59 Å². The molecule has 4 aliphatic carbocycles. The lowest BCUT2D eigenvalue weighted by atomic mass is 9.51. The lowest BCUT2D eigenvalue weighted by Gasteiger charge is -2.54. The van der Waals surface area contributed by atoms with Gasteiger partial charge in [0.1, 0.15) is 11.9 Å². The third kappa shape index (κ3) is 2.84. The Morgan fingerprint density at radius 2 is 1.94 bits per heavy atom. The number of fused-ring (bicyclic) bond motifs is 4. The summed E-state index contributed by atoms with van der Waals surface area (Å²) in [5.41, 5.74) is 5.52. The fourth-order valence-electron chi connectivity index (χ4n) is 7.39. The molecule has 0 unspecified atom stereocenters. The topological polar surface area (TPSA) is 43.4 Å². The highest BCUT2D eigenvalue weighted by atomic mass is 16.5. The number of aldehydes is 1. The smallest absolute Gasteiger partial charge is 0.156 e. The van der Waals surface area contributed by atoms with Gasteiger partial charge in [0.05, 0.1) is 0 Å². The van der Waals surface area contributed by atoms with Crippen molar-refractivity contribution in [2.75, 3.05) is 7.11 Å². The molecule has 1 aromatic rings. The predicted octanol–water partition coefficient (Wildman–Crippen LogP) is 5.42. The number of rotatable bonds is 3. The number of ether oxygens (including phenoxy) is 1. The van der Waals surface area contributed by atoms with Gasteiger partial charge in [0, 0.05) is 30.4 Å². The van der Waals surface area contributed by atoms with Gasteiger partial charge in [0.15, 0.2) is 5.78 Å². The molecule has 0 heterocycles. The van der Waals surface area contributed by atoms with Gasteiger partial charge >= 0.3 is 0 Å². The van der Waals surface area contributed by atoms with E-state index in [-0.39, 0.29) is 17.1 Å². The van der Waals surface area contributed by atoms with E-state index in [1.54, 1.807) is 7.11 Å². The van der Waals surface area contributed by atoms with E-state index < -0.39 is 5.60 Å². The molecule has 0 radical (unpaired) electrons. The molecule has 1 aromatic carbocycles. The van der Waals surface area contributed by atoms with Gasteiger partial charge in [-0.15, -0.1) is 6.42 Å². The van der Waals surface area contributed by atoms with Crippen LogP contribution in [-0.2, 0) is 9.53 Å². The number of carbonyl (C=O) groups is 2. The second-order valence-electron chi connectivity index (χ2n) is 9.99. The monoisotopic (exact) mass is 414 g/mol. The molecule has 5 atom stereocenters. The van der Waals surface area contributed by atoms with Gasteiger partial charge in [-0.2, -0.15) is 0 Å². The van der Waals surface area contributed by atoms with E-state index >= 15 is 0 Å². The summed E-state index contributed by atoms with van der Waals surface area (Å²) in [4.78, 5) is 23.3. The van der Waals surface area contributed by atoms with Gasteiger partial charge in [-0.25, -0.2) is 0 Å². The number of ketones is 1. The number of hydrogen-bond acceptors (Lipinski definition) is 3. The molecule has 5 rings (SSSR count). The maximum Gasteiger partial charge on any atom is 0.156 e. The first-order chi connectivity index (χ1) is 15.0. The van der Waals surface area contributed by atoms with Crippen LogP contribution in [0.1, 0.15) is 73.7 Å². The van der Waals surface area contributed by atoms with Crippen LogP contribution in [-0.4, -0.2) is 24.8 Å². The van der Waals surface area contributed by atoms with E-state index in [0.717, 1.165) is 44.8 Å². The molecule has 0 aromatic heterocycles. The maximum atomic E-state index is 12.1. The summed E-state index contributed by atoms with van der Waals surface area (Å²) in [5, 5.41) is 0.